The van der Waals surface area contributed by atoms with Gasteiger partial charge in [-0.2, -0.15) is 0 Å². The molecule has 12 atom stereocenters. The molecule has 0 spiro atoms. The Morgan fingerprint density at radius 1 is 0.190 bits per heavy atom. The molecule has 126 heavy (non-hydrogen) atoms. The lowest BCUT2D eigenvalue weighted by Crippen LogP contribution is -2.39. The maximum atomic E-state index is 9.73. The summed E-state index contributed by atoms with van der Waals surface area (Å²) >= 11 is 0. The summed E-state index contributed by atoms with van der Waals surface area (Å²) < 4.78 is 0. The van der Waals surface area contributed by atoms with Gasteiger partial charge in [-0.25, -0.2) is 0 Å². The van der Waals surface area contributed by atoms with Crippen LogP contribution in [-0.2, 0) is 0 Å². The van der Waals surface area contributed by atoms with Crippen molar-refractivity contribution in [3.63, 3.8) is 0 Å². The van der Waals surface area contributed by atoms with Crippen molar-refractivity contribution in [2.75, 3.05) is 91.6 Å². The molecule has 0 bridgehead atoms. The van der Waals surface area contributed by atoms with Crippen molar-refractivity contribution in [3.8, 4) is 0 Å². The molecule has 7 saturated heterocycles. The maximum absolute atomic E-state index is 9.73. The Morgan fingerprint density at radius 3 is 0.452 bits per heavy atom. The third kappa shape index (κ3) is 33.7. The van der Waals surface area contributed by atoms with E-state index in [0.717, 1.165) is 221 Å². The highest BCUT2D eigenvalue weighted by atomic mass is 16.3. The highest BCUT2D eigenvalue weighted by Gasteiger charge is 2.31. The van der Waals surface area contributed by atoms with Crippen molar-refractivity contribution in [1.82, 2.24) is 69.2 Å². The van der Waals surface area contributed by atoms with Crippen LogP contribution in [0.4, 0.5) is 0 Å². The van der Waals surface area contributed by atoms with Crippen LogP contribution in [0.5, 0.6) is 0 Å². The topological polar surface area (TPSA) is 255 Å². The minimum absolute atomic E-state index is 0.102. The smallest absolute Gasteiger partial charge is 0.0667 e. The molecule has 7 aliphatic rings. The van der Waals surface area contributed by atoms with Gasteiger partial charge in [0.25, 0.3) is 0 Å². The number of likely N-dealkylation sites (tertiary alicyclic amines) is 7. The van der Waals surface area contributed by atoms with Crippen molar-refractivity contribution >= 4 is 0 Å². The van der Waals surface area contributed by atoms with Gasteiger partial charge in [-0.1, -0.05) is 139 Å². The zero-order valence-corrected chi connectivity index (χ0v) is 81.4. The van der Waals surface area contributed by atoms with Gasteiger partial charge in [0.2, 0.25) is 0 Å². The summed E-state index contributed by atoms with van der Waals surface area (Å²) in [6.45, 7) is 58.9. The first kappa shape index (κ1) is 105. The first-order valence-electron chi connectivity index (χ1n) is 48.7. The molecule has 2 unspecified atom stereocenters. The van der Waals surface area contributed by atoms with E-state index in [4.69, 9.17) is 0 Å². The van der Waals surface area contributed by atoms with Gasteiger partial charge in [0.15, 0.2) is 0 Å². The normalized spacial score (nSPS) is 22.4. The molecule has 7 aromatic heterocycles. The Bertz CT molecular complexity index is 3580. The predicted octanol–water partition coefficient (Wildman–Crippen LogP) is 19.1. The predicted molar refractivity (Wildman–Crippen MR) is 515 cm³/mol. The van der Waals surface area contributed by atoms with Gasteiger partial charge in [-0.3, -0.25) is 69.2 Å². The molecule has 0 radical (unpaired) electrons. The number of nitrogens with zero attached hydrogens (tertiary/aromatic N) is 14. The second-order valence-corrected chi connectivity index (χ2v) is 39.4. The number of aliphatic hydroxyl groups excluding tert-OH is 7. The average Bonchev–Trinajstić information content (AvgIpc) is 0.869. The van der Waals surface area contributed by atoms with Crippen LogP contribution in [0.2, 0.25) is 0 Å². The fourth-order valence-corrected chi connectivity index (χ4v) is 17.7. The molecule has 0 amide bonds. The Balaban J connectivity index is 0.000000182. The van der Waals surface area contributed by atoms with Gasteiger partial charge in [0.1, 0.15) is 0 Å². The number of β-amino-alcohol motifs (C(OH)–C–C–N with tert-alkyl or cyclic N) is 5. The fraction of sp³-hybridized carbons (Fsp3) is 0.667. The minimum Gasteiger partial charge on any atom is -0.393 e. The lowest BCUT2D eigenvalue weighted by atomic mass is 10.0. The summed E-state index contributed by atoms with van der Waals surface area (Å²) in [5, 5.41) is 67.8. The summed E-state index contributed by atoms with van der Waals surface area (Å²) in [5.41, 5.74) is 16.8. The second kappa shape index (κ2) is 53.1. The molecule has 7 fully saturated rings. The molecule has 7 aromatic rings. The zero-order chi connectivity index (χ0) is 91.8. The molecular weight excluding hydrogens is 1570 g/mol. The van der Waals surface area contributed by atoms with E-state index >= 15 is 0 Å². The molecule has 7 N–H and O–H groups in total. The average molecular weight is 1740 g/mol. The monoisotopic (exact) mass is 1740 g/mol. The molecule has 21 nitrogen and oxygen atoms in total. The zero-order valence-electron chi connectivity index (χ0n) is 81.4. The van der Waals surface area contributed by atoms with Crippen molar-refractivity contribution in [1.29, 1.82) is 0 Å². The molecular formula is C105H168N14O7. The first-order chi connectivity index (χ1) is 60.0. The third-order valence-corrected chi connectivity index (χ3v) is 27.2. The molecule has 14 rings (SSSR count). The Morgan fingerprint density at radius 2 is 0.333 bits per heavy atom. The molecule has 0 aromatic carbocycles. The van der Waals surface area contributed by atoms with E-state index in [1.165, 1.54) is 38.9 Å². The number of aromatic nitrogens is 7. The molecule has 14 heterocycles. The number of hydrogen-bond donors (Lipinski definition) is 7. The van der Waals surface area contributed by atoms with Gasteiger partial charge < -0.3 is 35.7 Å². The van der Waals surface area contributed by atoms with E-state index in [2.05, 4.69) is 300 Å². The van der Waals surface area contributed by atoms with Crippen molar-refractivity contribution in [2.45, 2.75) is 362 Å². The van der Waals surface area contributed by atoms with Gasteiger partial charge in [0, 0.05) is 184 Å². The van der Waals surface area contributed by atoms with Crippen LogP contribution >= 0.6 is 0 Å². The van der Waals surface area contributed by atoms with Crippen LogP contribution in [0.1, 0.15) is 398 Å². The number of piperidine rings is 7. The first-order valence-corrected chi connectivity index (χ1v) is 48.7. The lowest BCUT2D eigenvalue weighted by Gasteiger charge is -2.35. The van der Waals surface area contributed by atoms with Crippen LogP contribution < -0.4 is 0 Å². The standard InChI is InChI=1S/7C15H24N2O/c2*1-11(2)15-5-4-13(10-16-15)12(3)17-8-6-14(18)7-9-17;5*1-11(2)15-7-6-13(9-16-15)12(3)17-8-4-5-14(18)10-17/h2*4-5,10-12,14,18H,6-9H2,1-3H3;5*6-7,9,11-12,14,18H,4-5,8,10H2,1-3H3/t2*12-;12-,14+;3*12-,14-;/m100110./s1. The largest absolute Gasteiger partial charge is 0.393 e. The summed E-state index contributed by atoms with van der Waals surface area (Å²) in [5.74, 6) is 3.36. The number of rotatable bonds is 21. The number of pyridine rings is 7. The minimum atomic E-state index is -0.163. The van der Waals surface area contributed by atoms with E-state index in [0.29, 0.717) is 83.7 Å². The lowest BCUT2D eigenvalue weighted by molar-refractivity contribution is 0.0501. The summed E-state index contributed by atoms with van der Waals surface area (Å²) in [4.78, 5) is 48.3. The number of aliphatic hydroxyl groups is 7. The molecule has 21 heteroatoms. The Hall–Kier alpha value is -6.51. The highest BCUT2D eigenvalue weighted by molar-refractivity contribution is 5.26. The summed E-state index contributed by atoms with van der Waals surface area (Å²) in [7, 11) is 0. The molecule has 0 aliphatic carbocycles. The van der Waals surface area contributed by atoms with Crippen LogP contribution in [-0.4, -0.2) is 239 Å². The quantitative estimate of drug-likeness (QED) is 0.0353. The van der Waals surface area contributed by atoms with Gasteiger partial charge in [-0.05, 0) is 294 Å². The van der Waals surface area contributed by atoms with Gasteiger partial charge in [-0.15, -0.1) is 0 Å². The van der Waals surface area contributed by atoms with Crippen LogP contribution in [0, 0.1) is 0 Å². The third-order valence-electron chi connectivity index (χ3n) is 27.2. The second-order valence-electron chi connectivity index (χ2n) is 39.4. The van der Waals surface area contributed by atoms with E-state index in [-0.39, 0.29) is 42.7 Å². The Labute approximate surface area is 761 Å². The van der Waals surface area contributed by atoms with Crippen LogP contribution in [0.25, 0.3) is 0 Å². The fourth-order valence-electron chi connectivity index (χ4n) is 17.7. The number of hydrogen-bond acceptors (Lipinski definition) is 21. The molecule has 0 saturated carbocycles. The van der Waals surface area contributed by atoms with E-state index < -0.39 is 0 Å². The summed E-state index contributed by atoms with van der Waals surface area (Å²) in [6, 6.07) is 32.6. The van der Waals surface area contributed by atoms with Crippen molar-refractivity contribution < 1.29 is 35.7 Å². The van der Waals surface area contributed by atoms with Crippen LogP contribution in [0.3, 0.4) is 0 Å². The Kier molecular flexibility index (Phi) is 44.2. The van der Waals surface area contributed by atoms with Gasteiger partial charge >= 0.3 is 0 Å². The van der Waals surface area contributed by atoms with Gasteiger partial charge in [0.05, 0.1) is 42.7 Å². The molecule has 7 aliphatic heterocycles. The van der Waals surface area contributed by atoms with Crippen molar-refractivity contribution in [2.24, 2.45) is 0 Å². The maximum Gasteiger partial charge on any atom is 0.0667 e. The van der Waals surface area contributed by atoms with Crippen LogP contribution in [0.15, 0.2) is 128 Å². The van der Waals surface area contributed by atoms with E-state index in [1.807, 2.05) is 43.4 Å². The van der Waals surface area contributed by atoms with Crippen molar-refractivity contribution in [3.05, 3.63) is 207 Å². The van der Waals surface area contributed by atoms with E-state index in [1.54, 1.807) is 0 Å². The highest BCUT2D eigenvalue weighted by Crippen LogP contribution is 2.33. The summed E-state index contributed by atoms with van der Waals surface area (Å²) in [6.07, 6.45) is 26.6. The van der Waals surface area contributed by atoms with E-state index in [9.17, 15) is 35.7 Å². The molecule has 700 valence electrons. The SMILES string of the molecule is CC(C)c1ccc(C(C)N2CCCC(O)C2)cn1.CC(C)c1ccc([C@@H](C)N2CCC(O)CC2)cn1.CC(C)c1ccc([C@@H](C)N2CCC[C@@H](O)C2)cn1.CC(C)c1ccc([C@@H](C)N2CCC[C@@H](O)C2)cn1.CC(C)c1ccc([C@H](C)N2CCC(O)CC2)cn1.CC(C)c1ccc([C@H](C)N2CCC[C@@H](O)C2)cn1.CC(C)c1ccc([C@H](C)N2CCC[C@H](O)C2)cn1.